The van der Waals surface area contributed by atoms with Gasteiger partial charge in [-0.1, -0.05) is 18.0 Å². The molecule has 1 heterocycles. The summed E-state index contributed by atoms with van der Waals surface area (Å²) in [5.41, 5.74) is 4.25. The Morgan fingerprint density at radius 2 is 1.79 bits per heavy atom. The van der Waals surface area contributed by atoms with Crippen LogP contribution in [0.4, 0.5) is 5.69 Å². The number of thiocarbonyl (C=S) groups is 1. The van der Waals surface area contributed by atoms with Crippen molar-refractivity contribution in [3.63, 3.8) is 0 Å². The molecule has 19 heavy (non-hydrogen) atoms. The Balaban J connectivity index is 1.91. The minimum atomic E-state index is 0.508. The number of nitrogens with one attached hydrogen (secondary N) is 2. The number of hydrogen-bond acceptors (Lipinski definition) is 2. The van der Waals surface area contributed by atoms with Gasteiger partial charge in [-0.05, 0) is 63.2 Å². The molecule has 0 aliphatic carbocycles. The maximum atomic E-state index is 5.86. The third-order valence-electron chi connectivity index (χ3n) is 3.53. The fraction of sp³-hybridized carbons (Fsp3) is 0.500. The molecule has 1 aromatic carbocycles. The highest BCUT2D eigenvalue weighted by Gasteiger charge is 2.25. The van der Waals surface area contributed by atoms with E-state index in [0.717, 1.165) is 10.7 Å². The monoisotopic (exact) mass is 297 g/mol. The van der Waals surface area contributed by atoms with Crippen LogP contribution in [0.2, 0.25) is 5.02 Å². The average Bonchev–Trinajstić information content (AvgIpc) is 2.37. The predicted octanol–water partition coefficient (Wildman–Crippen LogP) is 3.80. The zero-order valence-corrected chi connectivity index (χ0v) is 12.9. The van der Waals surface area contributed by atoms with E-state index in [1.165, 1.54) is 19.3 Å². The SMILES string of the molecule is CC1CCCC(C)N1NC(=S)Nc1ccc(Cl)cc1. The molecule has 3 nitrogen and oxygen atoms in total. The minimum Gasteiger partial charge on any atom is -0.332 e. The fourth-order valence-electron chi connectivity index (χ4n) is 2.45. The Kier molecular flexibility index (Phi) is 5.02. The zero-order chi connectivity index (χ0) is 13.8. The van der Waals surface area contributed by atoms with Gasteiger partial charge in [0.25, 0.3) is 0 Å². The first-order chi connectivity index (χ1) is 9.06. The van der Waals surface area contributed by atoms with Crippen LogP contribution in [-0.2, 0) is 0 Å². The van der Waals surface area contributed by atoms with Gasteiger partial charge in [-0.3, -0.25) is 5.43 Å². The lowest BCUT2D eigenvalue weighted by molar-refractivity contribution is 0.0750. The standard InChI is InChI=1S/C14H20ClN3S/c1-10-4-3-5-11(2)18(10)17-14(19)16-13-8-6-12(15)7-9-13/h6-11H,3-5H2,1-2H3,(H2,16,17,19). The van der Waals surface area contributed by atoms with E-state index in [4.69, 9.17) is 23.8 Å². The van der Waals surface area contributed by atoms with Gasteiger partial charge in [-0.25, -0.2) is 5.01 Å². The number of nitrogens with zero attached hydrogens (tertiary/aromatic N) is 1. The molecular weight excluding hydrogens is 278 g/mol. The second-order valence-electron chi connectivity index (χ2n) is 5.11. The molecule has 2 N–H and O–H groups in total. The van der Waals surface area contributed by atoms with Gasteiger partial charge in [0, 0.05) is 22.8 Å². The van der Waals surface area contributed by atoms with Crippen LogP contribution in [0.25, 0.3) is 0 Å². The Labute approximate surface area is 125 Å². The van der Waals surface area contributed by atoms with E-state index in [0.29, 0.717) is 17.2 Å². The van der Waals surface area contributed by atoms with Crippen LogP contribution in [0.1, 0.15) is 33.1 Å². The number of benzene rings is 1. The first-order valence-electron chi connectivity index (χ1n) is 6.68. The molecule has 2 atom stereocenters. The molecule has 1 aromatic rings. The van der Waals surface area contributed by atoms with Crippen LogP contribution < -0.4 is 10.7 Å². The molecular formula is C14H20ClN3S. The number of piperidine rings is 1. The molecule has 0 amide bonds. The molecule has 1 fully saturated rings. The van der Waals surface area contributed by atoms with Crippen LogP contribution in [-0.4, -0.2) is 22.2 Å². The van der Waals surface area contributed by atoms with Gasteiger partial charge in [0.15, 0.2) is 5.11 Å². The van der Waals surface area contributed by atoms with E-state index in [9.17, 15) is 0 Å². The molecule has 104 valence electrons. The third-order valence-corrected chi connectivity index (χ3v) is 3.97. The summed E-state index contributed by atoms with van der Waals surface area (Å²) in [4.78, 5) is 0. The number of rotatable bonds is 2. The van der Waals surface area contributed by atoms with Crippen molar-refractivity contribution in [1.29, 1.82) is 0 Å². The molecule has 1 saturated heterocycles. The molecule has 0 bridgehead atoms. The molecule has 5 heteroatoms. The molecule has 2 unspecified atom stereocenters. The van der Waals surface area contributed by atoms with Gasteiger partial charge in [-0.15, -0.1) is 0 Å². The van der Waals surface area contributed by atoms with Crippen LogP contribution >= 0.6 is 23.8 Å². The largest absolute Gasteiger partial charge is 0.332 e. The fourth-order valence-corrected chi connectivity index (χ4v) is 2.80. The molecule has 0 aromatic heterocycles. The first-order valence-corrected chi connectivity index (χ1v) is 7.46. The van der Waals surface area contributed by atoms with Gasteiger partial charge >= 0.3 is 0 Å². The highest BCUT2D eigenvalue weighted by Crippen LogP contribution is 2.20. The summed E-state index contributed by atoms with van der Waals surface area (Å²) in [7, 11) is 0. The number of hydrogen-bond donors (Lipinski definition) is 2. The number of hydrazine groups is 1. The van der Waals surface area contributed by atoms with E-state index < -0.39 is 0 Å². The minimum absolute atomic E-state index is 0.508. The van der Waals surface area contributed by atoms with Crippen molar-refractivity contribution >= 4 is 34.6 Å². The van der Waals surface area contributed by atoms with Gasteiger partial charge in [0.2, 0.25) is 0 Å². The van der Waals surface area contributed by atoms with E-state index in [1.807, 2.05) is 24.3 Å². The highest BCUT2D eigenvalue weighted by atomic mass is 35.5. The van der Waals surface area contributed by atoms with E-state index in [2.05, 4.69) is 29.6 Å². The van der Waals surface area contributed by atoms with Crippen molar-refractivity contribution < 1.29 is 0 Å². The molecule has 2 rings (SSSR count). The summed E-state index contributed by atoms with van der Waals surface area (Å²) < 4.78 is 0. The van der Waals surface area contributed by atoms with Crippen molar-refractivity contribution in [1.82, 2.24) is 10.4 Å². The van der Waals surface area contributed by atoms with Crippen LogP contribution in [0, 0.1) is 0 Å². The summed E-state index contributed by atoms with van der Waals surface area (Å²) in [5.74, 6) is 0. The summed E-state index contributed by atoms with van der Waals surface area (Å²) in [6, 6.07) is 8.54. The van der Waals surface area contributed by atoms with Crippen LogP contribution in [0.15, 0.2) is 24.3 Å². The maximum Gasteiger partial charge on any atom is 0.185 e. The quantitative estimate of drug-likeness (QED) is 0.812. The van der Waals surface area contributed by atoms with Gasteiger partial charge in [0.1, 0.15) is 0 Å². The van der Waals surface area contributed by atoms with Gasteiger partial charge in [-0.2, -0.15) is 0 Å². The predicted molar refractivity (Wildman–Crippen MR) is 85.4 cm³/mol. The summed E-state index contributed by atoms with van der Waals surface area (Å²) >= 11 is 11.2. The topological polar surface area (TPSA) is 27.3 Å². The second kappa shape index (κ2) is 6.55. The van der Waals surface area contributed by atoms with Gasteiger partial charge < -0.3 is 5.32 Å². The van der Waals surface area contributed by atoms with Crippen LogP contribution in [0.5, 0.6) is 0 Å². The van der Waals surface area contributed by atoms with Crippen molar-refractivity contribution in [2.45, 2.75) is 45.2 Å². The Bertz CT molecular complexity index is 425. The lowest BCUT2D eigenvalue weighted by Gasteiger charge is -2.39. The molecule has 0 radical (unpaired) electrons. The van der Waals surface area contributed by atoms with Gasteiger partial charge in [0.05, 0.1) is 0 Å². The van der Waals surface area contributed by atoms with Crippen molar-refractivity contribution in [3.05, 3.63) is 29.3 Å². The Hall–Kier alpha value is -0.840. The van der Waals surface area contributed by atoms with E-state index in [-0.39, 0.29) is 0 Å². The zero-order valence-electron chi connectivity index (χ0n) is 11.3. The summed E-state index contributed by atoms with van der Waals surface area (Å²) in [5, 5.41) is 6.77. The lowest BCUT2D eigenvalue weighted by Crippen LogP contribution is -2.55. The maximum absolute atomic E-state index is 5.86. The normalized spacial score (nSPS) is 23.9. The first kappa shape index (κ1) is 14.6. The second-order valence-corrected chi connectivity index (χ2v) is 5.95. The highest BCUT2D eigenvalue weighted by molar-refractivity contribution is 7.80. The van der Waals surface area contributed by atoms with Crippen LogP contribution in [0.3, 0.4) is 0 Å². The van der Waals surface area contributed by atoms with Crippen molar-refractivity contribution in [2.24, 2.45) is 0 Å². The molecule has 0 saturated carbocycles. The van der Waals surface area contributed by atoms with E-state index >= 15 is 0 Å². The molecule has 1 aliphatic rings. The molecule has 0 spiro atoms. The van der Waals surface area contributed by atoms with Crippen molar-refractivity contribution in [3.8, 4) is 0 Å². The summed E-state index contributed by atoms with van der Waals surface area (Å²) in [6.07, 6.45) is 3.71. The summed E-state index contributed by atoms with van der Waals surface area (Å²) in [6.45, 7) is 4.46. The average molecular weight is 298 g/mol. The Morgan fingerprint density at radius 1 is 1.21 bits per heavy atom. The molecule has 1 aliphatic heterocycles. The van der Waals surface area contributed by atoms with E-state index in [1.54, 1.807) is 0 Å². The lowest BCUT2D eigenvalue weighted by atomic mass is 10.00. The number of anilines is 1. The Morgan fingerprint density at radius 3 is 2.37 bits per heavy atom. The van der Waals surface area contributed by atoms with Crippen molar-refractivity contribution in [2.75, 3.05) is 5.32 Å². The third kappa shape index (κ3) is 4.06. The smallest absolute Gasteiger partial charge is 0.185 e. The number of halogens is 1.